The van der Waals surface area contributed by atoms with E-state index in [0.29, 0.717) is 16.5 Å². The minimum atomic E-state index is -0.102. The van der Waals surface area contributed by atoms with E-state index in [0.717, 1.165) is 81.1 Å². The molecule has 1 N–H and O–H groups in total. The predicted octanol–water partition coefficient (Wildman–Crippen LogP) is 3.88. The summed E-state index contributed by atoms with van der Waals surface area (Å²) in [5.74, 6) is 1.68. The number of nitrogens with one attached hydrogen (secondary N) is 1. The highest BCUT2D eigenvalue weighted by atomic mass is 32.2. The summed E-state index contributed by atoms with van der Waals surface area (Å²) in [7, 11) is 0. The monoisotopic (exact) mass is 443 g/mol. The third kappa shape index (κ3) is 4.13. The van der Waals surface area contributed by atoms with Crippen LogP contribution >= 0.6 is 23.1 Å². The molecule has 0 aromatic carbocycles. The molecule has 2 aliphatic carbocycles. The Bertz CT molecular complexity index is 982. The Kier molecular flexibility index (Phi) is 5.81. The lowest BCUT2D eigenvalue weighted by Crippen LogP contribution is -2.19. The molecule has 1 saturated heterocycles. The first kappa shape index (κ1) is 20.0. The van der Waals surface area contributed by atoms with Crippen LogP contribution in [0.5, 0.6) is 0 Å². The average Bonchev–Trinajstić information content (AvgIpc) is 3.17. The van der Waals surface area contributed by atoms with E-state index in [9.17, 15) is 10.1 Å². The number of thiophene rings is 1. The van der Waals surface area contributed by atoms with Gasteiger partial charge in [0.15, 0.2) is 5.16 Å². The van der Waals surface area contributed by atoms with E-state index in [1.54, 1.807) is 11.3 Å². The number of anilines is 1. The molecule has 1 saturated carbocycles. The number of ether oxygens (including phenoxy) is 1. The van der Waals surface area contributed by atoms with E-state index in [2.05, 4.69) is 26.2 Å². The second-order valence-electron chi connectivity index (χ2n) is 8.22. The molecule has 2 fully saturated rings. The number of hydrogen-bond donors (Lipinski definition) is 1. The van der Waals surface area contributed by atoms with Crippen LogP contribution in [0.25, 0.3) is 0 Å². The molecule has 0 bridgehead atoms. The van der Waals surface area contributed by atoms with Crippen LogP contribution in [0.4, 0.5) is 5.00 Å². The van der Waals surface area contributed by atoms with Gasteiger partial charge in [-0.1, -0.05) is 11.8 Å². The van der Waals surface area contributed by atoms with Gasteiger partial charge in [-0.2, -0.15) is 5.26 Å². The topological polar surface area (TPSA) is 92.8 Å². The molecule has 9 heteroatoms. The molecule has 2 aromatic heterocycles. The fourth-order valence-electron chi connectivity index (χ4n) is 4.28. The number of thioether (sulfide) groups is 1. The van der Waals surface area contributed by atoms with Crippen LogP contribution in [-0.4, -0.2) is 39.1 Å². The van der Waals surface area contributed by atoms with E-state index in [1.165, 1.54) is 16.6 Å². The van der Waals surface area contributed by atoms with Crippen molar-refractivity contribution in [2.75, 3.05) is 17.7 Å². The average molecular weight is 444 g/mol. The summed E-state index contributed by atoms with van der Waals surface area (Å²) in [6.07, 6.45) is 8.92. The third-order valence-electron chi connectivity index (χ3n) is 5.97. The number of nitrogens with zero attached hydrogens (tertiary/aromatic N) is 4. The molecular weight excluding hydrogens is 418 g/mol. The molecule has 2 aromatic rings. The van der Waals surface area contributed by atoms with Gasteiger partial charge in [-0.05, 0) is 56.9 Å². The van der Waals surface area contributed by atoms with Crippen molar-refractivity contribution in [3.63, 3.8) is 0 Å². The van der Waals surface area contributed by atoms with Crippen molar-refractivity contribution in [1.29, 1.82) is 5.26 Å². The van der Waals surface area contributed by atoms with Gasteiger partial charge in [0.2, 0.25) is 5.91 Å². The molecule has 5 rings (SSSR count). The number of aryl methyl sites for hydroxylation is 1. The molecule has 0 spiro atoms. The summed E-state index contributed by atoms with van der Waals surface area (Å²) in [4.78, 5) is 13.9. The van der Waals surface area contributed by atoms with Gasteiger partial charge >= 0.3 is 0 Å². The molecule has 1 atom stereocenters. The highest BCUT2D eigenvalue weighted by molar-refractivity contribution is 7.99. The van der Waals surface area contributed by atoms with Crippen molar-refractivity contribution in [2.45, 2.75) is 75.1 Å². The molecule has 1 aliphatic heterocycles. The summed E-state index contributed by atoms with van der Waals surface area (Å²) in [5.41, 5.74) is 1.80. The van der Waals surface area contributed by atoms with E-state index < -0.39 is 0 Å². The van der Waals surface area contributed by atoms with Crippen LogP contribution in [0.3, 0.4) is 0 Å². The lowest BCUT2D eigenvalue weighted by molar-refractivity contribution is -0.113. The van der Waals surface area contributed by atoms with Crippen molar-refractivity contribution in [3.05, 3.63) is 21.8 Å². The molecule has 7 nitrogen and oxygen atoms in total. The first-order valence-electron chi connectivity index (χ1n) is 10.7. The summed E-state index contributed by atoms with van der Waals surface area (Å²) in [5, 5.41) is 22.8. The zero-order valence-corrected chi connectivity index (χ0v) is 18.5. The SMILES string of the molecule is N#Cc1c(NC(=O)CSc2nnc(C3CC3)n2C[C@@H]2CCCO2)sc2c1CCCC2. The summed E-state index contributed by atoms with van der Waals surface area (Å²) < 4.78 is 7.98. The molecule has 3 aliphatic rings. The predicted molar refractivity (Wildman–Crippen MR) is 116 cm³/mol. The first-order valence-corrected chi connectivity index (χ1v) is 12.5. The zero-order chi connectivity index (χ0) is 20.5. The lowest BCUT2D eigenvalue weighted by Gasteiger charge is -2.14. The maximum absolute atomic E-state index is 12.7. The molecular formula is C21H25N5O2S2. The number of carbonyl (C=O) groups is 1. The van der Waals surface area contributed by atoms with E-state index in [4.69, 9.17) is 4.74 Å². The number of aromatic nitrogens is 3. The van der Waals surface area contributed by atoms with Crippen molar-refractivity contribution in [1.82, 2.24) is 14.8 Å². The first-order chi connectivity index (χ1) is 14.7. The van der Waals surface area contributed by atoms with Crippen LogP contribution in [0, 0.1) is 11.3 Å². The number of fused-ring (bicyclic) bond motifs is 1. The normalized spacial score (nSPS) is 20.7. The maximum atomic E-state index is 12.7. The van der Waals surface area contributed by atoms with E-state index in [1.807, 2.05) is 0 Å². The lowest BCUT2D eigenvalue weighted by atomic mass is 9.96. The Morgan fingerprint density at radius 2 is 2.13 bits per heavy atom. The van der Waals surface area contributed by atoms with Gasteiger partial charge in [0.05, 0.1) is 24.0 Å². The number of nitriles is 1. The third-order valence-corrected chi connectivity index (χ3v) is 8.14. The Labute approximate surface area is 184 Å². The Morgan fingerprint density at radius 3 is 2.90 bits per heavy atom. The fraction of sp³-hybridized carbons (Fsp3) is 0.619. The van der Waals surface area contributed by atoms with Crippen LogP contribution < -0.4 is 5.32 Å². The second-order valence-corrected chi connectivity index (χ2v) is 10.3. The number of carbonyl (C=O) groups excluding carboxylic acids is 1. The second kappa shape index (κ2) is 8.69. The summed E-state index contributed by atoms with van der Waals surface area (Å²) in [6.45, 7) is 1.58. The molecule has 158 valence electrons. The Hall–Kier alpha value is -1.89. The molecule has 0 radical (unpaired) electrons. The van der Waals surface area contributed by atoms with Crippen molar-refractivity contribution >= 4 is 34.0 Å². The quantitative estimate of drug-likeness (QED) is 0.653. The highest BCUT2D eigenvalue weighted by Gasteiger charge is 2.32. The van der Waals surface area contributed by atoms with Crippen LogP contribution in [0.15, 0.2) is 5.16 Å². The van der Waals surface area contributed by atoms with Crippen LogP contribution in [-0.2, 0) is 28.9 Å². The largest absolute Gasteiger partial charge is 0.376 e. The molecule has 1 amide bonds. The maximum Gasteiger partial charge on any atom is 0.235 e. The summed E-state index contributed by atoms with van der Waals surface area (Å²) >= 11 is 2.98. The minimum absolute atomic E-state index is 0.102. The van der Waals surface area contributed by atoms with Crippen LogP contribution in [0.2, 0.25) is 0 Å². The summed E-state index contributed by atoms with van der Waals surface area (Å²) in [6, 6.07) is 2.30. The number of hydrogen-bond acceptors (Lipinski definition) is 7. The fourth-order valence-corrected chi connectivity index (χ4v) is 6.29. The van der Waals surface area contributed by atoms with Gasteiger partial charge in [0.1, 0.15) is 16.9 Å². The Morgan fingerprint density at radius 1 is 1.27 bits per heavy atom. The van der Waals surface area contributed by atoms with Crippen LogP contribution in [0.1, 0.15) is 66.3 Å². The molecule has 3 heterocycles. The van der Waals surface area contributed by atoms with Crippen molar-refractivity contribution < 1.29 is 9.53 Å². The molecule has 30 heavy (non-hydrogen) atoms. The Balaban J connectivity index is 1.26. The van der Waals surface area contributed by atoms with Gasteiger partial charge in [-0.3, -0.25) is 4.79 Å². The van der Waals surface area contributed by atoms with Crippen molar-refractivity contribution in [2.24, 2.45) is 0 Å². The van der Waals surface area contributed by atoms with Gasteiger partial charge < -0.3 is 14.6 Å². The van der Waals surface area contributed by atoms with Crippen molar-refractivity contribution in [3.8, 4) is 6.07 Å². The molecule has 0 unspecified atom stereocenters. The van der Waals surface area contributed by atoms with Gasteiger partial charge in [-0.25, -0.2) is 0 Å². The standard InChI is InChI=1S/C21H25N5O2S2/c22-10-16-15-5-1-2-6-17(15)30-20(16)23-18(27)12-29-21-25-24-19(13-7-8-13)26(21)11-14-4-3-9-28-14/h13-14H,1-9,11-12H2,(H,23,27)/t14-/m0/s1. The van der Waals surface area contributed by atoms with Gasteiger partial charge in [0.25, 0.3) is 0 Å². The van der Waals surface area contributed by atoms with Gasteiger partial charge in [0, 0.05) is 17.4 Å². The van der Waals surface area contributed by atoms with E-state index in [-0.39, 0.29) is 17.8 Å². The zero-order valence-electron chi connectivity index (χ0n) is 16.9. The number of amides is 1. The minimum Gasteiger partial charge on any atom is -0.376 e. The number of rotatable bonds is 7. The van der Waals surface area contributed by atoms with E-state index >= 15 is 0 Å². The highest BCUT2D eigenvalue weighted by Crippen LogP contribution is 2.41. The van der Waals surface area contributed by atoms with Gasteiger partial charge in [-0.15, -0.1) is 21.5 Å². The smallest absolute Gasteiger partial charge is 0.235 e.